The summed E-state index contributed by atoms with van der Waals surface area (Å²) in [6, 6.07) is 10.0. The van der Waals surface area contributed by atoms with Crippen LogP contribution in [0.3, 0.4) is 0 Å². The zero-order valence-electron chi connectivity index (χ0n) is 14.6. The molecule has 0 radical (unpaired) electrons. The van der Waals surface area contributed by atoms with Gasteiger partial charge in [-0.15, -0.1) is 13.2 Å². The summed E-state index contributed by atoms with van der Waals surface area (Å²) in [5, 5.41) is 6.34. The lowest BCUT2D eigenvalue weighted by atomic mass is 10.1. The molecule has 28 heavy (non-hydrogen) atoms. The van der Waals surface area contributed by atoms with Crippen LogP contribution in [-0.2, 0) is 9.63 Å². The molecule has 1 aliphatic heterocycles. The number of rotatable bonds is 6. The number of oxime groups is 1. The highest BCUT2D eigenvalue weighted by Crippen LogP contribution is 2.32. The zero-order chi connectivity index (χ0) is 20.1. The minimum absolute atomic E-state index is 0.162. The van der Waals surface area contributed by atoms with Crippen molar-refractivity contribution < 1.29 is 37.0 Å². The van der Waals surface area contributed by atoms with E-state index < -0.39 is 12.3 Å². The van der Waals surface area contributed by atoms with E-state index in [9.17, 15) is 18.0 Å². The maximum atomic E-state index is 12.1. The topological polar surface area (TPSA) is 78.4 Å². The number of carbonyl (C=O) groups is 1. The number of carbonyl (C=O) groups excluding carboxylic acids is 1. The fourth-order valence-electron chi connectivity index (χ4n) is 2.30. The molecular weight excluding hydrogens is 381 g/mol. The molecule has 2 aromatic carbocycles. The summed E-state index contributed by atoms with van der Waals surface area (Å²) < 4.78 is 50.6. The van der Waals surface area contributed by atoms with E-state index in [4.69, 9.17) is 14.3 Å². The smallest absolute Gasteiger partial charge is 0.454 e. The lowest BCUT2D eigenvalue weighted by molar-refractivity contribution is -0.274. The van der Waals surface area contributed by atoms with Gasteiger partial charge >= 0.3 is 6.36 Å². The standard InChI is InChI=1S/C18H15F3N2O5/c1-11(12-2-7-15-16(8-12)26-10-25-15)23-27-9-17(24)22-13-3-5-14(6-4-13)28-18(19,20)21/h2-8H,9-10H2,1H3,(H,22,24)/b23-11-. The second-order valence-corrected chi connectivity index (χ2v) is 5.64. The molecule has 1 N–H and O–H groups in total. The van der Waals surface area contributed by atoms with E-state index >= 15 is 0 Å². The van der Waals surface area contributed by atoms with E-state index in [0.29, 0.717) is 22.9 Å². The first-order valence-corrected chi connectivity index (χ1v) is 8.02. The summed E-state index contributed by atoms with van der Waals surface area (Å²) in [5.74, 6) is 0.337. The molecule has 1 amide bonds. The first-order valence-electron chi connectivity index (χ1n) is 8.02. The first-order chi connectivity index (χ1) is 13.3. The molecule has 7 nitrogen and oxygen atoms in total. The van der Waals surface area contributed by atoms with Gasteiger partial charge in [-0.25, -0.2) is 0 Å². The third-order valence-electron chi connectivity index (χ3n) is 3.56. The Balaban J connectivity index is 1.49. The van der Waals surface area contributed by atoms with Gasteiger partial charge in [0.1, 0.15) is 5.75 Å². The Labute approximate surface area is 157 Å². The molecule has 0 atom stereocenters. The van der Waals surface area contributed by atoms with E-state index in [1.165, 1.54) is 12.1 Å². The molecule has 10 heteroatoms. The van der Waals surface area contributed by atoms with Crippen LogP contribution in [0.5, 0.6) is 17.2 Å². The second-order valence-electron chi connectivity index (χ2n) is 5.64. The molecule has 148 valence electrons. The van der Waals surface area contributed by atoms with Crippen molar-refractivity contribution in [3.8, 4) is 17.2 Å². The number of benzene rings is 2. The molecule has 0 aliphatic carbocycles. The van der Waals surface area contributed by atoms with Crippen LogP contribution in [0.15, 0.2) is 47.6 Å². The number of amides is 1. The molecule has 0 spiro atoms. The number of nitrogens with zero attached hydrogens (tertiary/aromatic N) is 1. The van der Waals surface area contributed by atoms with E-state index in [-0.39, 0.29) is 19.1 Å². The third-order valence-corrected chi connectivity index (χ3v) is 3.56. The fraction of sp³-hybridized carbons (Fsp3) is 0.222. The summed E-state index contributed by atoms with van der Waals surface area (Å²) in [4.78, 5) is 16.9. The summed E-state index contributed by atoms with van der Waals surface area (Å²) in [6.45, 7) is 1.49. The van der Waals surface area contributed by atoms with Gasteiger partial charge < -0.3 is 24.4 Å². The summed E-state index contributed by atoms with van der Waals surface area (Å²) in [6.07, 6.45) is -4.77. The Kier molecular flexibility index (Phi) is 5.57. The van der Waals surface area contributed by atoms with Crippen LogP contribution < -0.4 is 19.5 Å². The van der Waals surface area contributed by atoms with Gasteiger partial charge in [0.25, 0.3) is 5.91 Å². The summed E-state index contributed by atoms with van der Waals surface area (Å²) >= 11 is 0. The molecule has 1 heterocycles. The SMILES string of the molecule is C/C(=N/OCC(=O)Nc1ccc(OC(F)(F)F)cc1)c1ccc2c(c1)OCO2. The van der Waals surface area contributed by atoms with Gasteiger partial charge in [0.05, 0.1) is 5.71 Å². The van der Waals surface area contributed by atoms with Crippen molar-refractivity contribution in [3.63, 3.8) is 0 Å². The normalized spacial score (nSPS) is 13.2. The predicted octanol–water partition coefficient (Wildman–Crippen LogP) is 3.69. The number of hydrogen-bond donors (Lipinski definition) is 1. The maximum absolute atomic E-state index is 12.1. The number of hydrogen-bond acceptors (Lipinski definition) is 6. The molecule has 0 aromatic heterocycles. The highest BCUT2D eigenvalue weighted by Gasteiger charge is 2.30. The Hall–Kier alpha value is -3.43. The van der Waals surface area contributed by atoms with E-state index in [2.05, 4.69) is 15.2 Å². The van der Waals surface area contributed by atoms with Gasteiger partial charge in [-0.3, -0.25) is 4.79 Å². The largest absolute Gasteiger partial charge is 0.573 e. The maximum Gasteiger partial charge on any atom is 0.573 e. The molecule has 2 aromatic rings. The van der Waals surface area contributed by atoms with Gasteiger partial charge in [0, 0.05) is 11.3 Å². The number of alkyl halides is 3. The van der Waals surface area contributed by atoms with Gasteiger partial charge in [-0.1, -0.05) is 5.16 Å². The van der Waals surface area contributed by atoms with Gasteiger partial charge in [-0.05, 0) is 49.4 Å². The summed E-state index contributed by atoms with van der Waals surface area (Å²) in [5.41, 5.74) is 1.56. The minimum Gasteiger partial charge on any atom is -0.454 e. The van der Waals surface area contributed by atoms with Crippen molar-refractivity contribution in [2.24, 2.45) is 5.16 Å². The lowest BCUT2D eigenvalue weighted by Gasteiger charge is -2.09. The summed E-state index contributed by atoms with van der Waals surface area (Å²) in [7, 11) is 0. The Bertz CT molecular complexity index is 882. The van der Waals surface area contributed by atoms with Crippen LogP contribution >= 0.6 is 0 Å². The van der Waals surface area contributed by atoms with Crippen molar-refractivity contribution in [1.82, 2.24) is 0 Å². The molecule has 0 saturated carbocycles. The monoisotopic (exact) mass is 396 g/mol. The van der Waals surface area contributed by atoms with E-state index in [0.717, 1.165) is 17.7 Å². The van der Waals surface area contributed by atoms with Crippen molar-refractivity contribution >= 4 is 17.3 Å². The number of halogens is 3. The Morgan fingerprint density at radius 1 is 1.14 bits per heavy atom. The quantitative estimate of drug-likeness (QED) is 0.595. The molecule has 0 bridgehead atoms. The fourth-order valence-corrected chi connectivity index (χ4v) is 2.30. The average molecular weight is 396 g/mol. The van der Waals surface area contributed by atoms with Crippen LogP contribution in [0.1, 0.15) is 12.5 Å². The van der Waals surface area contributed by atoms with Crippen molar-refractivity contribution in [3.05, 3.63) is 48.0 Å². The highest BCUT2D eigenvalue weighted by molar-refractivity contribution is 5.99. The van der Waals surface area contributed by atoms with E-state index in [1.54, 1.807) is 25.1 Å². The number of anilines is 1. The van der Waals surface area contributed by atoms with Gasteiger partial charge in [-0.2, -0.15) is 0 Å². The Morgan fingerprint density at radius 3 is 2.57 bits per heavy atom. The number of ether oxygens (including phenoxy) is 3. The van der Waals surface area contributed by atoms with E-state index in [1.807, 2.05) is 0 Å². The lowest BCUT2D eigenvalue weighted by Crippen LogP contribution is -2.18. The molecule has 1 aliphatic rings. The van der Waals surface area contributed by atoms with Crippen molar-refractivity contribution in [1.29, 1.82) is 0 Å². The van der Waals surface area contributed by atoms with Gasteiger partial charge in [0.2, 0.25) is 6.79 Å². The van der Waals surface area contributed by atoms with Crippen molar-refractivity contribution in [2.75, 3.05) is 18.7 Å². The van der Waals surface area contributed by atoms with Crippen LogP contribution in [-0.4, -0.2) is 31.4 Å². The van der Waals surface area contributed by atoms with Crippen LogP contribution in [0.2, 0.25) is 0 Å². The highest BCUT2D eigenvalue weighted by atomic mass is 19.4. The third kappa shape index (κ3) is 5.29. The first kappa shape index (κ1) is 19.3. The average Bonchev–Trinajstić information content (AvgIpc) is 3.09. The molecule has 0 saturated heterocycles. The van der Waals surface area contributed by atoms with Gasteiger partial charge in [0.15, 0.2) is 18.1 Å². The second kappa shape index (κ2) is 8.07. The zero-order valence-corrected chi connectivity index (χ0v) is 14.6. The Morgan fingerprint density at radius 2 is 1.86 bits per heavy atom. The molecule has 3 rings (SSSR count). The predicted molar refractivity (Wildman–Crippen MR) is 92.5 cm³/mol. The molecule has 0 fully saturated rings. The molecule has 0 unspecified atom stereocenters. The number of fused-ring (bicyclic) bond motifs is 1. The van der Waals surface area contributed by atoms with Crippen molar-refractivity contribution in [2.45, 2.75) is 13.3 Å². The van der Waals surface area contributed by atoms with Crippen LogP contribution in [0.25, 0.3) is 0 Å². The molecular formula is C18H15F3N2O5. The number of nitrogens with one attached hydrogen (secondary N) is 1. The minimum atomic E-state index is -4.77. The van der Waals surface area contributed by atoms with Crippen LogP contribution in [0, 0.1) is 0 Å². The van der Waals surface area contributed by atoms with Crippen LogP contribution in [0.4, 0.5) is 18.9 Å².